The van der Waals surface area contributed by atoms with Gasteiger partial charge in [-0.15, -0.1) is 0 Å². The van der Waals surface area contributed by atoms with Crippen LogP contribution in [0.25, 0.3) is 0 Å². The van der Waals surface area contributed by atoms with Crippen LogP contribution in [0.15, 0.2) is 36.7 Å². The van der Waals surface area contributed by atoms with Gasteiger partial charge in [0.2, 0.25) is 0 Å². The molecule has 104 valence electrons. The normalized spacial score (nSPS) is 10.1. The molecule has 20 heavy (non-hydrogen) atoms. The number of nitrogens with zero attached hydrogens (tertiary/aromatic N) is 2. The molecule has 0 aliphatic heterocycles. The molecule has 0 unspecified atom stereocenters. The van der Waals surface area contributed by atoms with E-state index in [0.29, 0.717) is 18.9 Å². The van der Waals surface area contributed by atoms with E-state index >= 15 is 0 Å². The van der Waals surface area contributed by atoms with Crippen molar-refractivity contribution in [2.24, 2.45) is 5.73 Å². The molecular formula is C14H16N4O2. The van der Waals surface area contributed by atoms with Gasteiger partial charge in [-0.2, -0.15) is 0 Å². The zero-order chi connectivity index (χ0) is 14.4. The molecule has 0 aliphatic carbocycles. The molecule has 3 N–H and O–H groups in total. The highest BCUT2D eigenvalue weighted by Crippen LogP contribution is 2.08. The molecule has 6 heteroatoms. The highest BCUT2D eigenvalue weighted by Gasteiger charge is 2.08. The summed E-state index contributed by atoms with van der Waals surface area (Å²) in [5, 5.41) is 3.11. The lowest BCUT2D eigenvalue weighted by atomic mass is 10.1. The monoisotopic (exact) mass is 272 g/mol. The predicted molar refractivity (Wildman–Crippen MR) is 75.0 cm³/mol. The van der Waals surface area contributed by atoms with Crippen LogP contribution in [0.4, 0.5) is 5.82 Å². The van der Waals surface area contributed by atoms with Crippen LogP contribution in [0, 0.1) is 0 Å². The molecule has 0 atom stereocenters. The number of methoxy groups -OCH3 is 1. The third-order valence-electron chi connectivity index (χ3n) is 2.76. The van der Waals surface area contributed by atoms with E-state index in [1.807, 2.05) is 24.3 Å². The number of nitrogens with two attached hydrogens (primary N) is 1. The summed E-state index contributed by atoms with van der Waals surface area (Å²) in [5.74, 6) is 0.0178. The van der Waals surface area contributed by atoms with E-state index < -0.39 is 5.97 Å². The topological polar surface area (TPSA) is 90.1 Å². The Kier molecular flexibility index (Phi) is 4.62. The lowest BCUT2D eigenvalue weighted by Crippen LogP contribution is -2.08. The number of esters is 1. The van der Waals surface area contributed by atoms with Gasteiger partial charge in [0, 0.05) is 13.1 Å². The van der Waals surface area contributed by atoms with Gasteiger partial charge in [-0.25, -0.2) is 9.78 Å². The highest BCUT2D eigenvalue weighted by molar-refractivity contribution is 5.87. The molecule has 2 rings (SSSR count). The van der Waals surface area contributed by atoms with Crippen LogP contribution in [0.1, 0.15) is 21.6 Å². The molecule has 1 aromatic heterocycles. The van der Waals surface area contributed by atoms with E-state index in [2.05, 4.69) is 20.0 Å². The Hall–Kier alpha value is -2.47. The minimum Gasteiger partial charge on any atom is -0.464 e. The first kappa shape index (κ1) is 14.0. The largest absolute Gasteiger partial charge is 0.464 e. The van der Waals surface area contributed by atoms with Crippen LogP contribution in [0.5, 0.6) is 0 Å². The van der Waals surface area contributed by atoms with Crippen molar-refractivity contribution >= 4 is 11.8 Å². The highest BCUT2D eigenvalue weighted by atomic mass is 16.5. The number of nitrogens with one attached hydrogen (secondary N) is 1. The zero-order valence-electron chi connectivity index (χ0n) is 11.2. The summed E-state index contributed by atoms with van der Waals surface area (Å²) in [7, 11) is 1.31. The third kappa shape index (κ3) is 3.52. The summed E-state index contributed by atoms with van der Waals surface area (Å²) < 4.78 is 4.60. The van der Waals surface area contributed by atoms with Gasteiger partial charge in [-0.3, -0.25) is 4.98 Å². The smallest absolute Gasteiger partial charge is 0.358 e. The molecule has 1 aromatic carbocycles. The van der Waals surface area contributed by atoms with Gasteiger partial charge in [0.05, 0.1) is 19.5 Å². The summed E-state index contributed by atoms with van der Waals surface area (Å²) in [4.78, 5) is 19.4. The summed E-state index contributed by atoms with van der Waals surface area (Å²) in [6.45, 7) is 1.12. The number of hydrogen-bond donors (Lipinski definition) is 2. The first-order chi connectivity index (χ1) is 9.72. The van der Waals surface area contributed by atoms with Gasteiger partial charge in [0.25, 0.3) is 0 Å². The number of ether oxygens (including phenoxy) is 1. The minimum atomic E-state index is -0.506. The van der Waals surface area contributed by atoms with Crippen molar-refractivity contribution in [2.45, 2.75) is 13.1 Å². The van der Waals surface area contributed by atoms with E-state index in [1.54, 1.807) is 6.20 Å². The molecule has 0 aliphatic rings. The van der Waals surface area contributed by atoms with Gasteiger partial charge in [0.1, 0.15) is 5.82 Å². The molecule has 2 aromatic rings. The zero-order valence-corrected chi connectivity index (χ0v) is 11.2. The molecular weight excluding hydrogens is 256 g/mol. The van der Waals surface area contributed by atoms with Gasteiger partial charge in [-0.05, 0) is 11.1 Å². The van der Waals surface area contributed by atoms with Crippen LogP contribution in [0.2, 0.25) is 0 Å². The van der Waals surface area contributed by atoms with Crippen LogP contribution >= 0.6 is 0 Å². The van der Waals surface area contributed by atoms with Crippen LogP contribution in [0.3, 0.4) is 0 Å². The third-order valence-corrected chi connectivity index (χ3v) is 2.76. The first-order valence-corrected chi connectivity index (χ1v) is 6.15. The van der Waals surface area contributed by atoms with Crippen LogP contribution in [-0.2, 0) is 17.8 Å². The van der Waals surface area contributed by atoms with E-state index in [1.165, 1.54) is 13.3 Å². The van der Waals surface area contributed by atoms with Gasteiger partial charge >= 0.3 is 5.97 Å². The van der Waals surface area contributed by atoms with E-state index in [4.69, 9.17) is 5.73 Å². The average molecular weight is 272 g/mol. The maximum atomic E-state index is 11.3. The fourth-order valence-electron chi connectivity index (χ4n) is 1.64. The number of benzene rings is 1. The number of hydrogen-bond acceptors (Lipinski definition) is 6. The summed E-state index contributed by atoms with van der Waals surface area (Å²) in [6.07, 6.45) is 2.92. The molecule has 0 bridgehead atoms. The number of carbonyl (C=O) groups excluding carboxylic acids is 1. The Morgan fingerprint density at radius 1 is 1.25 bits per heavy atom. The number of rotatable bonds is 5. The molecule has 0 fully saturated rings. The van der Waals surface area contributed by atoms with E-state index in [9.17, 15) is 4.79 Å². The maximum Gasteiger partial charge on any atom is 0.358 e. The van der Waals surface area contributed by atoms with Crippen molar-refractivity contribution in [3.63, 3.8) is 0 Å². The first-order valence-electron chi connectivity index (χ1n) is 6.15. The molecule has 0 spiro atoms. The Bertz CT molecular complexity index is 584. The fraction of sp³-hybridized carbons (Fsp3) is 0.214. The van der Waals surface area contributed by atoms with Crippen molar-refractivity contribution in [3.05, 3.63) is 53.5 Å². The SMILES string of the molecule is COC(=O)c1cncc(NCc2ccc(CN)cc2)n1. The lowest BCUT2D eigenvalue weighted by molar-refractivity contribution is 0.0593. The Balaban J connectivity index is 2.01. The summed E-state index contributed by atoms with van der Waals surface area (Å²) in [5.41, 5.74) is 7.90. The Labute approximate surface area is 117 Å². The number of carbonyl (C=O) groups is 1. The van der Waals surface area contributed by atoms with Crippen LogP contribution < -0.4 is 11.1 Å². The summed E-state index contributed by atoms with van der Waals surface area (Å²) in [6, 6.07) is 7.95. The van der Waals surface area contributed by atoms with Crippen LogP contribution in [-0.4, -0.2) is 23.0 Å². The molecule has 1 heterocycles. The van der Waals surface area contributed by atoms with Crippen molar-refractivity contribution in [2.75, 3.05) is 12.4 Å². The second-order valence-electron chi connectivity index (χ2n) is 4.16. The van der Waals surface area contributed by atoms with Gasteiger partial charge < -0.3 is 15.8 Å². The second kappa shape index (κ2) is 6.63. The standard InChI is InChI=1S/C14H16N4O2/c1-20-14(19)12-8-16-9-13(18-12)17-7-11-4-2-10(6-15)3-5-11/h2-5,8-9H,6-7,15H2,1H3,(H,17,18). The summed E-state index contributed by atoms with van der Waals surface area (Å²) >= 11 is 0. The average Bonchev–Trinajstić information content (AvgIpc) is 2.53. The molecule has 0 saturated heterocycles. The Morgan fingerprint density at radius 2 is 1.95 bits per heavy atom. The second-order valence-corrected chi connectivity index (χ2v) is 4.16. The molecule has 0 radical (unpaired) electrons. The van der Waals surface area contributed by atoms with Crippen molar-refractivity contribution in [1.82, 2.24) is 9.97 Å². The number of anilines is 1. The van der Waals surface area contributed by atoms with Crippen molar-refractivity contribution in [1.29, 1.82) is 0 Å². The lowest BCUT2D eigenvalue weighted by Gasteiger charge is -2.07. The number of aromatic nitrogens is 2. The quantitative estimate of drug-likeness (QED) is 0.798. The van der Waals surface area contributed by atoms with Gasteiger partial charge in [-0.1, -0.05) is 24.3 Å². The molecule has 0 amide bonds. The van der Waals surface area contributed by atoms with Crippen molar-refractivity contribution in [3.8, 4) is 0 Å². The minimum absolute atomic E-state index is 0.177. The predicted octanol–water partition coefficient (Wildman–Crippen LogP) is 1.33. The Morgan fingerprint density at radius 3 is 2.60 bits per heavy atom. The molecule has 0 saturated carbocycles. The maximum absolute atomic E-state index is 11.3. The van der Waals surface area contributed by atoms with Gasteiger partial charge in [0.15, 0.2) is 5.69 Å². The molecule has 6 nitrogen and oxygen atoms in total. The van der Waals surface area contributed by atoms with Crippen molar-refractivity contribution < 1.29 is 9.53 Å². The van der Waals surface area contributed by atoms with E-state index in [-0.39, 0.29) is 5.69 Å². The van der Waals surface area contributed by atoms with E-state index in [0.717, 1.165) is 11.1 Å². The fourth-order valence-corrected chi connectivity index (χ4v) is 1.64.